The topological polar surface area (TPSA) is 78.9 Å². The Morgan fingerprint density at radius 1 is 1.19 bits per heavy atom. The van der Waals surface area contributed by atoms with Gasteiger partial charge in [0.2, 0.25) is 5.91 Å². The number of esters is 1. The quantitative estimate of drug-likeness (QED) is 0.702. The van der Waals surface area contributed by atoms with Crippen molar-refractivity contribution in [1.82, 2.24) is 4.90 Å². The van der Waals surface area contributed by atoms with Gasteiger partial charge >= 0.3 is 5.97 Å². The Hall–Kier alpha value is -1.92. The van der Waals surface area contributed by atoms with E-state index >= 15 is 0 Å². The van der Waals surface area contributed by atoms with E-state index in [1.165, 1.54) is 0 Å². The van der Waals surface area contributed by atoms with Crippen LogP contribution >= 0.6 is 0 Å². The van der Waals surface area contributed by atoms with Crippen LogP contribution in [0.25, 0.3) is 0 Å². The summed E-state index contributed by atoms with van der Waals surface area (Å²) < 4.78 is 5.20. The lowest BCUT2D eigenvalue weighted by molar-refractivity contribution is -0.118. The molecule has 0 aliphatic rings. The Kier molecular flexibility index (Phi) is 7.42. The van der Waals surface area contributed by atoms with Gasteiger partial charge in [-0.15, -0.1) is 0 Å². The molecule has 0 unspecified atom stereocenters. The van der Waals surface area contributed by atoms with Crippen molar-refractivity contribution in [3.8, 4) is 0 Å². The van der Waals surface area contributed by atoms with Crippen molar-refractivity contribution < 1.29 is 19.4 Å². The van der Waals surface area contributed by atoms with E-state index < -0.39 is 12.5 Å². The number of likely N-dealkylation sites (N-methyl/N-ethyl adjacent to an activating group) is 1. The molecule has 0 aromatic heterocycles. The minimum atomic E-state index is -0.574. The van der Waals surface area contributed by atoms with Crippen molar-refractivity contribution in [1.29, 1.82) is 0 Å². The van der Waals surface area contributed by atoms with Crippen LogP contribution < -0.4 is 5.32 Å². The molecule has 0 bridgehead atoms. The van der Waals surface area contributed by atoms with Gasteiger partial charge in [0.15, 0.2) is 0 Å². The van der Waals surface area contributed by atoms with Crippen LogP contribution in [0.15, 0.2) is 24.3 Å². The smallest absolute Gasteiger partial charge is 0.338 e. The number of aliphatic hydroxyl groups is 1. The van der Waals surface area contributed by atoms with Gasteiger partial charge in [-0.2, -0.15) is 0 Å². The average molecular weight is 294 g/mol. The largest absolute Gasteiger partial charge is 0.461 e. The maximum atomic E-state index is 11.8. The van der Waals surface area contributed by atoms with Gasteiger partial charge in [-0.05, 0) is 37.4 Å². The molecule has 21 heavy (non-hydrogen) atoms. The zero-order chi connectivity index (χ0) is 15.7. The summed E-state index contributed by atoms with van der Waals surface area (Å²) >= 11 is 0. The van der Waals surface area contributed by atoms with Crippen LogP contribution in [-0.4, -0.2) is 54.7 Å². The van der Waals surface area contributed by atoms with E-state index in [2.05, 4.69) is 24.1 Å². The van der Waals surface area contributed by atoms with Crippen LogP contribution in [0.1, 0.15) is 24.2 Å². The molecule has 0 aliphatic carbocycles. The van der Waals surface area contributed by atoms with E-state index in [4.69, 9.17) is 9.84 Å². The molecule has 1 aromatic carbocycles. The number of carbonyl (C=O) groups excluding carboxylic acids is 2. The normalized spacial score (nSPS) is 10.5. The maximum absolute atomic E-state index is 11.8. The third-order valence-corrected chi connectivity index (χ3v) is 3.08. The number of aliphatic hydroxyl groups excluding tert-OH is 1. The molecule has 1 aromatic rings. The fourth-order valence-electron chi connectivity index (χ4n) is 1.78. The summed E-state index contributed by atoms with van der Waals surface area (Å²) in [7, 11) is 0. The van der Waals surface area contributed by atoms with Gasteiger partial charge in [0.25, 0.3) is 0 Å². The second-order valence-corrected chi connectivity index (χ2v) is 4.45. The Bertz CT molecular complexity index is 455. The number of anilines is 1. The van der Waals surface area contributed by atoms with Crippen molar-refractivity contribution in [2.75, 3.05) is 38.2 Å². The van der Waals surface area contributed by atoms with E-state index in [0.717, 1.165) is 13.1 Å². The van der Waals surface area contributed by atoms with Gasteiger partial charge in [0.1, 0.15) is 13.2 Å². The number of ether oxygens (including phenoxy) is 1. The van der Waals surface area contributed by atoms with Crippen LogP contribution in [0, 0.1) is 0 Å². The van der Waals surface area contributed by atoms with Crippen molar-refractivity contribution in [2.45, 2.75) is 13.8 Å². The van der Waals surface area contributed by atoms with Gasteiger partial charge < -0.3 is 20.1 Å². The fraction of sp³-hybridized carbons (Fsp3) is 0.467. The highest BCUT2D eigenvalue weighted by atomic mass is 16.5. The molecule has 6 nitrogen and oxygen atoms in total. The third-order valence-electron chi connectivity index (χ3n) is 3.08. The first-order valence-corrected chi connectivity index (χ1v) is 7.01. The summed E-state index contributed by atoms with van der Waals surface area (Å²) in [5.74, 6) is -0.883. The standard InChI is InChI=1S/C15H22N2O4/c1-3-17(4-2)9-10-21-15(20)12-5-7-13(8-6-12)16-14(19)11-18/h5-8,18H,3-4,9-11H2,1-2H3,(H,16,19). The molecule has 2 N–H and O–H groups in total. The first-order chi connectivity index (χ1) is 10.1. The molecule has 0 fully saturated rings. The highest BCUT2D eigenvalue weighted by molar-refractivity contribution is 5.93. The molecule has 0 heterocycles. The number of nitrogens with zero attached hydrogens (tertiary/aromatic N) is 1. The molecule has 116 valence electrons. The second kappa shape index (κ2) is 9.10. The molecule has 1 rings (SSSR count). The van der Waals surface area contributed by atoms with Crippen molar-refractivity contribution in [3.63, 3.8) is 0 Å². The first-order valence-electron chi connectivity index (χ1n) is 7.01. The highest BCUT2D eigenvalue weighted by Gasteiger charge is 2.08. The fourth-order valence-corrected chi connectivity index (χ4v) is 1.78. The highest BCUT2D eigenvalue weighted by Crippen LogP contribution is 2.10. The monoisotopic (exact) mass is 294 g/mol. The Morgan fingerprint density at radius 3 is 2.33 bits per heavy atom. The zero-order valence-corrected chi connectivity index (χ0v) is 12.5. The number of rotatable bonds is 8. The second-order valence-electron chi connectivity index (χ2n) is 4.45. The summed E-state index contributed by atoms with van der Waals surface area (Å²) in [5.41, 5.74) is 0.949. The molecule has 0 saturated carbocycles. The van der Waals surface area contributed by atoms with Crippen molar-refractivity contribution in [2.24, 2.45) is 0 Å². The van der Waals surface area contributed by atoms with Gasteiger partial charge in [-0.3, -0.25) is 4.79 Å². The van der Waals surface area contributed by atoms with Crippen LogP contribution in [0.2, 0.25) is 0 Å². The van der Waals surface area contributed by atoms with Gasteiger partial charge in [-0.1, -0.05) is 13.8 Å². The Balaban J connectivity index is 2.46. The molecule has 0 radical (unpaired) electrons. The molecular weight excluding hydrogens is 272 g/mol. The molecule has 0 atom stereocenters. The van der Waals surface area contributed by atoms with E-state index in [0.29, 0.717) is 24.4 Å². The van der Waals surface area contributed by atoms with E-state index in [1.54, 1.807) is 24.3 Å². The Morgan fingerprint density at radius 2 is 1.81 bits per heavy atom. The van der Waals surface area contributed by atoms with E-state index in [1.807, 2.05) is 0 Å². The predicted molar refractivity (Wildman–Crippen MR) is 80.2 cm³/mol. The number of amides is 1. The minimum absolute atomic E-state index is 0.351. The summed E-state index contributed by atoms with van der Waals surface area (Å²) in [4.78, 5) is 25.0. The molecule has 1 amide bonds. The van der Waals surface area contributed by atoms with E-state index in [-0.39, 0.29) is 5.97 Å². The SMILES string of the molecule is CCN(CC)CCOC(=O)c1ccc(NC(=O)CO)cc1. The summed E-state index contributed by atoms with van der Waals surface area (Å²) in [5, 5.41) is 11.1. The van der Waals surface area contributed by atoms with Crippen LogP contribution in [0.4, 0.5) is 5.69 Å². The summed E-state index contributed by atoms with van der Waals surface area (Å²) in [6, 6.07) is 6.34. The molecule has 0 saturated heterocycles. The molecule has 0 spiro atoms. The number of hydrogen-bond acceptors (Lipinski definition) is 5. The zero-order valence-electron chi connectivity index (χ0n) is 12.5. The van der Waals surface area contributed by atoms with E-state index in [9.17, 15) is 9.59 Å². The maximum Gasteiger partial charge on any atom is 0.338 e. The molecule has 0 aliphatic heterocycles. The Labute approximate surface area is 124 Å². The van der Waals surface area contributed by atoms with Gasteiger partial charge in [-0.25, -0.2) is 4.79 Å². The summed E-state index contributed by atoms with van der Waals surface area (Å²) in [6.07, 6.45) is 0. The first kappa shape index (κ1) is 17.1. The lowest BCUT2D eigenvalue weighted by atomic mass is 10.2. The average Bonchev–Trinajstić information content (AvgIpc) is 2.52. The summed E-state index contributed by atoms with van der Waals surface area (Å²) in [6.45, 7) is 6.46. The number of nitrogens with one attached hydrogen (secondary N) is 1. The number of carbonyl (C=O) groups is 2. The van der Waals surface area contributed by atoms with Gasteiger partial charge in [0.05, 0.1) is 5.56 Å². The van der Waals surface area contributed by atoms with Crippen LogP contribution in [0.5, 0.6) is 0 Å². The van der Waals surface area contributed by atoms with Crippen molar-refractivity contribution in [3.05, 3.63) is 29.8 Å². The number of hydrogen-bond donors (Lipinski definition) is 2. The molecule has 6 heteroatoms. The van der Waals surface area contributed by atoms with Crippen LogP contribution in [0.3, 0.4) is 0 Å². The number of benzene rings is 1. The lowest BCUT2D eigenvalue weighted by Gasteiger charge is -2.17. The predicted octanol–water partition coefficient (Wildman–Crippen LogP) is 1.12. The van der Waals surface area contributed by atoms with Crippen molar-refractivity contribution >= 4 is 17.6 Å². The molecular formula is C15H22N2O4. The minimum Gasteiger partial charge on any atom is -0.461 e. The van der Waals surface area contributed by atoms with Crippen LogP contribution in [-0.2, 0) is 9.53 Å². The third kappa shape index (κ3) is 5.93. The lowest BCUT2D eigenvalue weighted by Crippen LogP contribution is -2.27. The van der Waals surface area contributed by atoms with Gasteiger partial charge in [0, 0.05) is 12.2 Å².